The molecule has 6 nitrogen and oxygen atoms in total. The molecule has 0 aliphatic heterocycles. The first-order valence-corrected chi connectivity index (χ1v) is 11.6. The summed E-state index contributed by atoms with van der Waals surface area (Å²) < 4.78 is 8.24. The first-order chi connectivity index (χ1) is 16.1. The smallest absolute Gasteiger partial charge is 0.345 e. The van der Waals surface area contributed by atoms with Gasteiger partial charge in [-0.25, -0.2) is 4.79 Å². The predicted octanol–water partition coefficient (Wildman–Crippen LogP) is 5.72. The number of aromatic hydroxyl groups is 1. The van der Waals surface area contributed by atoms with Gasteiger partial charge in [-0.1, -0.05) is 52.3 Å². The molecule has 8 heteroatoms. The summed E-state index contributed by atoms with van der Waals surface area (Å²) in [5, 5.41) is 21.3. The van der Waals surface area contributed by atoms with Gasteiger partial charge >= 0.3 is 5.63 Å². The molecule has 0 spiro atoms. The second-order valence-corrected chi connectivity index (χ2v) is 8.86. The fraction of sp³-hybridized carbons (Fsp3) is 0. The number of phenolic OH excluding ortho intramolecular Hbond substituents is 1. The lowest BCUT2D eigenvalue weighted by atomic mass is 10.1. The van der Waals surface area contributed by atoms with Crippen molar-refractivity contribution in [2.45, 2.75) is 0 Å². The van der Waals surface area contributed by atoms with Crippen molar-refractivity contribution >= 4 is 44.5 Å². The van der Waals surface area contributed by atoms with Gasteiger partial charge in [0.1, 0.15) is 11.3 Å². The number of fused-ring (bicyclic) bond motifs is 1. The second kappa shape index (κ2) is 9.01. The third-order valence-corrected chi connectivity index (χ3v) is 6.28. The van der Waals surface area contributed by atoms with Gasteiger partial charge in [0, 0.05) is 26.5 Å². The maximum absolute atomic E-state index is 12.8. The van der Waals surface area contributed by atoms with Crippen molar-refractivity contribution in [3.8, 4) is 22.7 Å². The zero-order valence-electron chi connectivity index (χ0n) is 17.1. The van der Waals surface area contributed by atoms with Crippen LogP contribution in [0.1, 0.15) is 5.56 Å². The molecule has 33 heavy (non-hydrogen) atoms. The predicted molar refractivity (Wildman–Crippen MR) is 134 cm³/mol. The van der Waals surface area contributed by atoms with Crippen molar-refractivity contribution in [3.63, 3.8) is 0 Å². The van der Waals surface area contributed by atoms with Gasteiger partial charge in [-0.3, -0.25) is 4.57 Å². The van der Waals surface area contributed by atoms with E-state index in [-0.39, 0.29) is 5.75 Å². The molecule has 0 fully saturated rings. The van der Waals surface area contributed by atoms with E-state index in [4.69, 9.17) is 4.42 Å². The molecule has 0 saturated heterocycles. The highest BCUT2D eigenvalue weighted by molar-refractivity contribution is 9.10. The Bertz CT molecular complexity index is 1620. The van der Waals surface area contributed by atoms with Crippen LogP contribution in [-0.2, 0) is 0 Å². The SMILES string of the molecule is O=c1oc2ccccc2cc1-c1cs/c(=N\N=C\c2cc(Br)ccc2O)n1-c1ccccc1. The highest BCUT2D eigenvalue weighted by Crippen LogP contribution is 2.24. The molecule has 162 valence electrons. The normalized spacial score (nSPS) is 12.1. The standard InChI is InChI=1S/C25H16BrN3O3S/c26-18-10-11-22(30)17(12-18)14-27-28-25-29(19-7-2-1-3-8-19)21(15-33-25)20-13-16-6-4-5-9-23(16)32-24(20)31/h1-15,30H/b27-14+,28-25-. The van der Waals surface area contributed by atoms with E-state index >= 15 is 0 Å². The molecule has 5 rings (SSSR count). The molecule has 0 unspecified atom stereocenters. The van der Waals surface area contributed by atoms with E-state index in [0.29, 0.717) is 27.2 Å². The lowest BCUT2D eigenvalue weighted by molar-refractivity contribution is 0.474. The summed E-state index contributed by atoms with van der Waals surface area (Å²) in [5.74, 6) is 0.105. The van der Waals surface area contributed by atoms with Crippen LogP contribution in [-0.4, -0.2) is 15.9 Å². The summed E-state index contributed by atoms with van der Waals surface area (Å²) >= 11 is 4.74. The van der Waals surface area contributed by atoms with Gasteiger partial charge < -0.3 is 9.52 Å². The van der Waals surface area contributed by atoms with Gasteiger partial charge in [-0.15, -0.1) is 16.4 Å². The minimum Gasteiger partial charge on any atom is -0.507 e. The van der Waals surface area contributed by atoms with Gasteiger partial charge in [-0.05, 0) is 42.5 Å². The average Bonchev–Trinajstić information content (AvgIpc) is 3.25. The zero-order valence-corrected chi connectivity index (χ0v) is 19.5. The van der Waals surface area contributed by atoms with E-state index in [1.807, 2.05) is 64.5 Å². The van der Waals surface area contributed by atoms with Crippen LogP contribution in [0.2, 0.25) is 0 Å². The zero-order chi connectivity index (χ0) is 22.8. The average molecular weight is 518 g/mol. The van der Waals surface area contributed by atoms with Crippen molar-refractivity contribution < 1.29 is 9.52 Å². The van der Waals surface area contributed by atoms with Crippen LogP contribution in [0.4, 0.5) is 0 Å². The van der Waals surface area contributed by atoms with E-state index in [0.717, 1.165) is 15.5 Å². The number of benzene rings is 3. The second-order valence-electron chi connectivity index (χ2n) is 7.11. The van der Waals surface area contributed by atoms with Crippen LogP contribution in [0.15, 0.2) is 108 Å². The Labute approximate surface area is 200 Å². The number of aromatic nitrogens is 1. The molecule has 0 radical (unpaired) electrons. The summed E-state index contributed by atoms with van der Waals surface area (Å²) in [6, 6.07) is 23.9. The molecular formula is C25H16BrN3O3S. The first-order valence-electron chi connectivity index (χ1n) is 9.95. The number of halogens is 1. The Hall–Kier alpha value is -3.75. The lowest BCUT2D eigenvalue weighted by Gasteiger charge is -2.08. The number of rotatable bonds is 4. The van der Waals surface area contributed by atoms with Crippen LogP contribution in [0.25, 0.3) is 27.9 Å². The van der Waals surface area contributed by atoms with E-state index in [1.165, 1.54) is 17.6 Å². The van der Waals surface area contributed by atoms with Crippen LogP contribution in [0.3, 0.4) is 0 Å². The molecule has 3 aromatic carbocycles. The van der Waals surface area contributed by atoms with E-state index < -0.39 is 5.63 Å². The Morgan fingerprint density at radius 3 is 2.64 bits per heavy atom. The molecule has 0 aliphatic rings. The molecule has 5 aromatic rings. The number of nitrogens with zero attached hydrogens (tertiary/aromatic N) is 3. The number of hydrogen-bond donors (Lipinski definition) is 1. The Balaban J connectivity index is 1.68. The van der Waals surface area contributed by atoms with Crippen molar-refractivity contribution in [1.82, 2.24) is 4.57 Å². The third kappa shape index (κ3) is 4.30. The van der Waals surface area contributed by atoms with E-state index in [1.54, 1.807) is 24.3 Å². The molecule has 0 aliphatic carbocycles. The molecule has 2 heterocycles. The maximum atomic E-state index is 12.8. The molecule has 0 atom stereocenters. The van der Waals surface area contributed by atoms with Crippen molar-refractivity contribution in [2.24, 2.45) is 10.2 Å². The van der Waals surface area contributed by atoms with Crippen molar-refractivity contribution in [1.29, 1.82) is 0 Å². The van der Waals surface area contributed by atoms with Gasteiger partial charge in [0.2, 0.25) is 4.80 Å². The first kappa shape index (κ1) is 21.1. The van der Waals surface area contributed by atoms with Crippen LogP contribution >= 0.6 is 27.3 Å². The maximum Gasteiger partial charge on any atom is 0.345 e. The summed E-state index contributed by atoms with van der Waals surface area (Å²) in [5.41, 5.74) is 2.57. The minimum atomic E-state index is -0.426. The molecule has 2 aromatic heterocycles. The van der Waals surface area contributed by atoms with Gasteiger partial charge in [0.05, 0.1) is 17.5 Å². The van der Waals surface area contributed by atoms with Gasteiger partial charge in [-0.2, -0.15) is 5.10 Å². The molecule has 1 N–H and O–H groups in total. The Morgan fingerprint density at radius 1 is 1.00 bits per heavy atom. The number of para-hydroxylation sites is 2. The summed E-state index contributed by atoms with van der Waals surface area (Å²) in [6.07, 6.45) is 1.49. The monoisotopic (exact) mass is 517 g/mol. The summed E-state index contributed by atoms with van der Waals surface area (Å²) in [4.78, 5) is 13.4. The third-order valence-electron chi connectivity index (χ3n) is 4.97. The fourth-order valence-corrected chi connectivity index (χ4v) is 4.64. The van der Waals surface area contributed by atoms with E-state index in [2.05, 4.69) is 26.1 Å². The fourth-order valence-electron chi connectivity index (χ4n) is 3.41. The van der Waals surface area contributed by atoms with Crippen molar-refractivity contribution in [3.05, 3.63) is 110 Å². The van der Waals surface area contributed by atoms with Crippen LogP contribution < -0.4 is 10.4 Å². The topological polar surface area (TPSA) is 80.1 Å². The number of phenols is 1. The molecular weight excluding hydrogens is 502 g/mol. The summed E-state index contributed by atoms with van der Waals surface area (Å²) in [6.45, 7) is 0. The highest BCUT2D eigenvalue weighted by Gasteiger charge is 2.15. The largest absolute Gasteiger partial charge is 0.507 e. The Morgan fingerprint density at radius 2 is 1.79 bits per heavy atom. The van der Waals surface area contributed by atoms with Crippen LogP contribution in [0.5, 0.6) is 5.75 Å². The minimum absolute atomic E-state index is 0.105. The van der Waals surface area contributed by atoms with Gasteiger partial charge in [0.15, 0.2) is 0 Å². The van der Waals surface area contributed by atoms with Gasteiger partial charge in [0.25, 0.3) is 0 Å². The molecule has 0 amide bonds. The summed E-state index contributed by atoms with van der Waals surface area (Å²) in [7, 11) is 0. The quantitative estimate of drug-likeness (QED) is 0.188. The van der Waals surface area contributed by atoms with E-state index in [9.17, 15) is 9.90 Å². The molecule has 0 bridgehead atoms. The number of thiazole rings is 1. The van der Waals surface area contributed by atoms with Crippen LogP contribution in [0, 0.1) is 0 Å². The highest BCUT2D eigenvalue weighted by atomic mass is 79.9. The Kier molecular flexibility index (Phi) is 5.77. The number of hydrogen-bond acceptors (Lipinski definition) is 6. The lowest BCUT2D eigenvalue weighted by Crippen LogP contribution is -2.15. The van der Waals surface area contributed by atoms with Crippen molar-refractivity contribution in [2.75, 3.05) is 0 Å². The molecule has 0 saturated carbocycles.